The Morgan fingerprint density at radius 1 is 1.15 bits per heavy atom. The fourth-order valence-corrected chi connectivity index (χ4v) is 1.71. The molecule has 0 bridgehead atoms. The van der Waals surface area contributed by atoms with E-state index in [1.165, 1.54) is 10.8 Å². The van der Waals surface area contributed by atoms with Crippen LogP contribution in [0.1, 0.15) is 0 Å². The Balaban J connectivity index is 2.70. The second-order valence-corrected chi connectivity index (χ2v) is 5.72. The van der Waals surface area contributed by atoms with Gasteiger partial charge in [0.05, 0.1) is 0 Å². The van der Waals surface area contributed by atoms with E-state index in [1.807, 2.05) is 24.3 Å². The van der Waals surface area contributed by atoms with Gasteiger partial charge in [-0.25, -0.2) is 0 Å². The molecule has 0 saturated carbocycles. The minimum Gasteiger partial charge on any atom is -0.342 e. The van der Waals surface area contributed by atoms with Crippen LogP contribution in [0.3, 0.4) is 0 Å². The van der Waals surface area contributed by atoms with Crippen molar-refractivity contribution in [3.8, 4) is 0 Å². The lowest BCUT2D eigenvalue weighted by Gasteiger charge is -2.14. The number of halogens is 3. The summed E-state index contributed by atoms with van der Waals surface area (Å²) < 4.78 is -1.46. The maximum absolute atomic E-state index is 5.54. The van der Waals surface area contributed by atoms with Gasteiger partial charge in [0, 0.05) is 10.6 Å². The van der Waals surface area contributed by atoms with Gasteiger partial charge in [-0.2, -0.15) is 0 Å². The van der Waals surface area contributed by atoms with Gasteiger partial charge >= 0.3 is 0 Å². The number of hydrogen-bond acceptors (Lipinski definition) is 3. The number of hydrogen-bond donors (Lipinski definition) is 2. The lowest BCUT2D eigenvalue weighted by molar-refractivity contribution is 1.26. The minimum atomic E-state index is -1.46. The van der Waals surface area contributed by atoms with E-state index in [0.29, 0.717) is 0 Å². The summed E-state index contributed by atoms with van der Waals surface area (Å²) in [5.41, 5.74) is 0.756. The first-order valence-electron chi connectivity index (χ1n) is 3.28. The van der Waals surface area contributed by atoms with Crippen LogP contribution in [-0.4, -0.2) is 3.92 Å². The second kappa shape index (κ2) is 4.89. The zero-order chi connectivity index (χ0) is 9.90. The van der Waals surface area contributed by atoms with Crippen LogP contribution in [0, 0.1) is 0 Å². The van der Waals surface area contributed by atoms with Gasteiger partial charge < -0.3 is 5.32 Å². The average molecular weight is 275 g/mol. The lowest BCUT2D eigenvalue weighted by Crippen LogP contribution is -2.15. The van der Waals surface area contributed by atoms with Crippen LogP contribution in [0.2, 0.25) is 0 Å². The van der Waals surface area contributed by atoms with Gasteiger partial charge in [-0.05, 0) is 24.3 Å². The van der Waals surface area contributed by atoms with Crippen molar-refractivity contribution in [3.05, 3.63) is 24.3 Å². The fourth-order valence-electron chi connectivity index (χ4n) is 0.763. The van der Waals surface area contributed by atoms with Gasteiger partial charge in [0.1, 0.15) is 0 Å². The van der Waals surface area contributed by atoms with Gasteiger partial charge in [0.2, 0.25) is 0 Å². The number of anilines is 1. The maximum Gasteiger partial charge on any atom is 0.265 e. The SMILES string of the molecule is SSc1ccc(NC(Cl)(Cl)Cl)cc1. The van der Waals surface area contributed by atoms with E-state index in [9.17, 15) is 0 Å². The summed E-state index contributed by atoms with van der Waals surface area (Å²) in [4.78, 5) is 1.04. The first-order chi connectivity index (χ1) is 6.01. The van der Waals surface area contributed by atoms with Crippen molar-refractivity contribution in [2.45, 2.75) is 8.81 Å². The molecule has 0 aliphatic heterocycles. The predicted molar refractivity (Wildman–Crippen MR) is 65.2 cm³/mol. The zero-order valence-corrected chi connectivity index (χ0v) is 10.3. The summed E-state index contributed by atoms with van der Waals surface area (Å²) in [5.74, 6) is 0. The Kier molecular flexibility index (Phi) is 4.39. The molecule has 13 heavy (non-hydrogen) atoms. The number of rotatable bonds is 2. The molecule has 6 heteroatoms. The standard InChI is InChI=1S/C7H6Cl3NS2/c8-7(9,10)11-5-1-3-6(13-12)4-2-5/h1-4,11-12H. The molecule has 0 spiro atoms. The Morgan fingerprint density at radius 3 is 2.08 bits per heavy atom. The number of thiol groups is 1. The first kappa shape index (κ1) is 11.7. The van der Waals surface area contributed by atoms with Crippen LogP contribution in [-0.2, 0) is 0 Å². The predicted octanol–water partition coefficient (Wildman–Crippen LogP) is 4.36. The van der Waals surface area contributed by atoms with Gasteiger partial charge in [-0.15, -0.1) is 11.7 Å². The topological polar surface area (TPSA) is 12.0 Å². The summed E-state index contributed by atoms with van der Waals surface area (Å²) in [6, 6.07) is 7.41. The van der Waals surface area contributed by atoms with E-state index in [1.54, 1.807) is 0 Å². The van der Waals surface area contributed by atoms with Gasteiger partial charge in [0.15, 0.2) is 0 Å². The maximum atomic E-state index is 5.54. The largest absolute Gasteiger partial charge is 0.342 e. The molecule has 0 aliphatic carbocycles. The molecule has 72 valence electrons. The van der Waals surface area contributed by atoms with Crippen molar-refractivity contribution < 1.29 is 0 Å². The van der Waals surface area contributed by atoms with Crippen molar-refractivity contribution in [1.82, 2.24) is 0 Å². The number of alkyl halides is 3. The van der Waals surface area contributed by atoms with Gasteiger partial charge in [-0.1, -0.05) is 45.6 Å². The quantitative estimate of drug-likeness (QED) is 0.360. The summed E-state index contributed by atoms with van der Waals surface area (Å²) in [7, 11) is 1.36. The van der Waals surface area contributed by atoms with E-state index < -0.39 is 3.92 Å². The molecule has 0 saturated heterocycles. The van der Waals surface area contributed by atoms with Crippen molar-refractivity contribution in [3.63, 3.8) is 0 Å². The highest BCUT2D eigenvalue weighted by Crippen LogP contribution is 2.29. The normalized spacial score (nSPS) is 11.4. The molecular weight excluding hydrogens is 269 g/mol. The van der Waals surface area contributed by atoms with E-state index in [0.717, 1.165) is 10.6 Å². The van der Waals surface area contributed by atoms with Gasteiger partial charge in [-0.3, -0.25) is 0 Å². The molecule has 0 atom stereocenters. The monoisotopic (exact) mass is 273 g/mol. The summed E-state index contributed by atoms with van der Waals surface area (Å²) >= 11 is 20.7. The third kappa shape index (κ3) is 4.56. The highest BCUT2D eigenvalue weighted by Gasteiger charge is 2.18. The molecule has 0 heterocycles. The Bertz CT molecular complexity index is 270. The van der Waals surface area contributed by atoms with Crippen LogP contribution in [0.5, 0.6) is 0 Å². The summed E-state index contributed by atoms with van der Waals surface area (Å²) in [6.07, 6.45) is 0. The number of nitrogens with one attached hydrogen (secondary N) is 1. The average Bonchev–Trinajstić information content (AvgIpc) is 2.03. The Hall–Kier alpha value is 0.590. The molecule has 0 unspecified atom stereocenters. The van der Waals surface area contributed by atoms with Crippen molar-refractivity contribution in [2.24, 2.45) is 0 Å². The molecule has 0 radical (unpaired) electrons. The molecule has 1 aromatic rings. The summed E-state index contributed by atoms with van der Waals surface area (Å²) in [6.45, 7) is 0. The third-order valence-electron chi connectivity index (χ3n) is 1.25. The van der Waals surface area contributed by atoms with E-state index in [-0.39, 0.29) is 0 Å². The van der Waals surface area contributed by atoms with Crippen LogP contribution in [0.15, 0.2) is 29.2 Å². The molecule has 1 N–H and O–H groups in total. The molecule has 0 fully saturated rings. The minimum absolute atomic E-state index is 0.756. The van der Waals surface area contributed by atoms with Crippen molar-refractivity contribution in [2.75, 3.05) is 5.32 Å². The first-order valence-corrected chi connectivity index (χ1v) is 6.28. The van der Waals surface area contributed by atoms with Crippen LogP contribution < -0.4 is 5.32 Å². The van der Waals surface area contributed by atoms with Crippen molar-refractivity contribution in [1.29, 1.82) is 0 Å². The molecule has 0 aliphatic rings. The molecule has 0 amide bonds. The molecule has 1 aromatic carbocycles. The van der Waals surface area contributed by atoms with E-state index in [4.69, 9.17) is 34.8 Å². The van der Waals surface area contributed by atoms with E-state index >= 15 is 0 Å². The Morgan fingerprint density at radius 2 is 1.69 bits per heavy atom. The van der Waals surface area contributed by atoms with Crippen LogP contribution in [0.4, 0.5) is 5.69 Å². The third-order valence-corrected chi connectivity index (χ3v) is 2.64. The Labute approximate surface area is 101 Å². The van der Waals surface area contributed by atoms with Crippen LogP contribution in [0.25, 0.3) is 0 Å². The van der Waals surface area contributed by atoms with E-state index in [2.05, 4.69) is 17.0 Å². The molecular formula is C7H6Cl3NS2. The highest BCUT2D eigenvalue weighted by molar-refractivity contribution is 8.68. The van der Waals surface area contributed by atoms with Crippen molar-refractivity contribution >= 4 is 62.9 Å². The zero-order valence-electron chi connectivity index (χ0n) is 6.30. The molecule has 1 nitrogen and oxygen atoms in total. The molecule has 0 aromatic heterocycles. The smallest absolute Gasteiger partial charge is 0.265 e. The highest BCUT2D eigenvalue weighted by atomic mass is 35.6. The summed E-state index contributed by atoms with van der Waals surface area (Å²) in [5, 5.41) is 2.69. The van der Waals surface area contributed by atoms with Crippen LogP contribution >= 0.6 is 57.3 Å². The molecule has 1 rings (SSSR count). The fraction of sp³-hybridized carbons (Fsp3) is 0.143. The number of benzene rings is 1. The second-order valence-electron chi connectivity index (χ2n) is 2.24. The van der Waals surface area contributed by atoms with Gasteiger partial charge in [0.25, 0.3) is 3.92 Å². The lowest BCUT2D eigenvalue weighted by atomic mass is 10.3.